The van der Waals surface area contributed by atoms with Gasteiger partial charge in [-0.15, -0.1) is 0 Å². The van der Waals surface area contributed by atoms with E-state index in [0.29, 0.717) is 10.8 Å². The second-order valence-electron chi connectivity index (χ2n) is 3.87. The summed E-state index contributed by atoms with van der Waals surface area (Å²) in [6, 6.07) is 6.60. The van der Waals surface area contributed by atoms with Crippen LogP contribution in [0.3, 0.4) is 0 Å². The molecule has 0 aliphatic carbocycles. The first-order chi connectivity index (χ1) is 8.58. The van der Waals surface area contributed by atoms with Gasteiger partial charge in [0.1, 0.15) is 16.8 Å². The van der Waals surface area contributed by atoms with Gasteiger partial charge in [0.2, 0.25) is 0 Å². The van der Waals surface area contributed by atoms with E-state index in [1.54, 1.807) is 19.1 Å². The number of hydrogen-bond donors (Lipinski definition) is 1. The Kier molecular flexibility index (Phi) is 3.77. The van der Waals surface area contributed by atoms with Crippen molar-refractivity contribution in [3.63, 3.8) is 0 Å². The third-order valence-corrected chi connectivity index (χ3v) is 2.77. The Morgan fingerprint density at radius 2 is 1.83 bits per heavy atom. The average molecular weight is 269 g/mol. The molecule has 2 nitrogen and oxygen atoms in total. The van der Waals surface area contributed by atoms with Crippen molar-refractivity contribution in [1.82, 2.24) is 4.98 Å². The van der Waals surface area contributed by atoms with E-state index in [2.05, 4.69) is 10.3 Å². The molecule has 0 fully saturated rings. The Morgan fingerprint density at radius 3 is 2.39 bits per heavy atom. The monoisotopic (exact) mass is 268 g/mol. The van der Waals surface area contributed by atoms with Gasteiger partial charge in [0, 0.05) is 5.56 Å². The second kappa shape index (κ2) is 5.31. The highest BCUT2D eigenvalue weighted by Crippen LogP contribution is 2.24. The van der Waals surface area contributed by atoms with Gasteiger partial charge in [0.05, 0.1) is 17.9 Å². The third-order valence-electron chi connectivity index (χ3n) is 2.54. The zero-order valence-corrected chi connectivity index (χ0v) is 10.4. The van der Waals surface area contributed by atoms with Gasteiger partial charge in [-0.1, -0.05) is 17.7 Å². The molecule has 1 aromatic carbocycles. The highest BCUT2D eigenvalue weighted by Gasteiger charge is 2.15. The zero-order chi connectivity index (χ0) is 13.1. The summed E-state index contributed by atoms with van der Waals surface area (Å²) in [4.78, 5) is 3.89. The summed E-state index contributed by atoms with van der Waals surface area (Å²) < 4.78 is 27.1. The van der Waals surface area contributed by atoms with Gasteiger partial charge in [-0.05, 0) is 31.2 Å². The molecule has 94 valence electrons. The Bertz CT molecular complexity index is 523. The topological polar surface area (TPSA) is 24.9 Å². The standard InChI is InChI=1S/C13H11ClF2N2/c1-8(13-10(15)3-2-4-11(13)16)18-9-5-6-12(14)17-7-9/h2-8,18H,1H3. The Balaban J connectivity index is 2.22. The predicted molar refractivity (Wildman–Crippen MR) is 67.6 cm³/mol. The van der Waals surface area contributed by atoms with Crippen LogP contribution in [0.5, 0.6) is 0 Å². The smallest absolute Gasteiger partial charge is 0.131 e. The Labute approximate surface area is 109 Å². The van der Waals surface area contributed by atoms with Crippen LogP contribution < -0.4 is 5.32 Å². The van der Waals surface area contributed by atoms with E-state index < -0.39 is 17.7 Å². The molecule has 2 rings (SSSR count). The number of rotatable bonds is 3. The maximum atomic E-state index is 13.6. The van der Waals surface area contributed by atoms with E-state index >= 15 is 0 Å². The summed E-state index contributed by atoms with van der Waals surface area (Å²) in [6.45, 7) is 1.68. The number of nitrogens with one attached hydrogen (secondary N) is 1. The maximum absolute atomic E-state index is 13.6. The Morgan fingerprint density at radius 1 is 1.17 bits per heavy atom. The van der Waals surface area contributed by atoms with Crippen molar-refractivity contribution in [3.8, 4) is 0 Å². The maximum Gasteiger partial charge on any atom is 0.131 e. The van der Waals surface area contributed by atoms with Crippen LogP contribution in [0.25, 0.3) is 0 Å². The molecule has 18 heavy (non-hydrogen) atoms. The molecule has 0 saturated carbocycles. The van der Waals surface area contributed by atoms with Crippen LogP contribution in [0.1, 0.15) is 18.5 Å². The fourth-order valence-electron chi connectivity index (χ4n) is 1.71. The van der Waals surface area contributed by atoms with Gasteiger partial charge in [0.15, 0.2) is 0 Å². The minimum atomic E-state index is -0.572. The van der Waals surface area contributed by atoms with Crippen LogP contribution >= 0.6 is 11.6 Å². The van der Waals surface area contributed by atoms with Crippen LogP contribution in [0.15, 0.2) is 36.5 Å². The molecule has 0 bridgehead atoms. The van der Waals surface area contributed by atoms with E-state index in [0.717, 1.165) is 0 Å². The number of pyridine rings is 1. The van der Waals surface area contributed by atoms with Crippen LogP contribution in [0.4, 0.5) is 14.5 Å². The first kappa shape index (κ1) is 12.8. The molecule has 2 aromatic rings. The lowest BCUT2D eigenvalue weighted by atomic mass is 10.1. The molecule has 0 amide bonds. The number of nitrogens with zero attached hydrogens (tertiary/aromatic N) is 1. The third kappa shape index (κ3) is 2.76. The molecule has 1 aromatic heterocycles. The fraction of sp³-hybridized carbons (Fsp3) is 0.154. The van der Waals surface area contributed by atoms with Gasteiger partial charge in [-0.2, -0.15) is 0 Å². The summed E-state index contributed by atoms with van der Waals surface area (Å²) in [5.41, 5.74) is 0.655. The van der Waals surface area contributed by atoms with E-state index in [1.807, 2.05) is 0 Å². The fourth-order valence-corrected chi connectivity index (χ4v) is 1.82. The quantitative estimate of drug-likeness (QED) is 0.845. The van der Waals surface area contributed by atoms with Crippen LogP contribution in [-0.2, 0) is 0 Å². The normalized spacial score (nSPS) is 12.2. The van der Waals surface area contributed by atoms with Gasteiger partial charge in [-0.3, -0.25) is 0 Å². The highest BCUT2D eigenvalue weighted by molar-refractivity contribution is 6.29. The Hall–Kier alpha value is -1.68. The molecule has 0 saturated heterocycles. The predicted octanol–water partition coefficient (Wildman–Crippen LogP) is 4.19. The van der Waals surface area contributed by atoms with Crippen molar-refractivity contribution in [2.24, 2.45) is 0 Å². The molecular weight excluding hydrogens is 258 g/mol. The van der Waals surface area contributed by atoms with E-state index in [1.165, 1.54) is 24.4 Å². The number of hydrogen-bond acceptors (Lipinski definition) is 2. The minimum Gasteiger partial charge on any atom is -0.377 e. The molecule has 1 heterocycles. The molecular formula is C13H11ClF2N2. The van der Waals surface area contributed by atoms with Crippen molar-refractivity contribution in [2.75, 3.05) is 5.32 Å². The van der Waals surface area contributed by atoms with Crippen LogP contribution in [0, 0.1) is 11.6 Å². The molecule has 0 radical (unpaired) electrons. The number of benzene rings is 1. The minimum absolute atomic E-state index is 0.00690. The lowest BCUT2D eigenvalue weighted by Gasteiger charge is -2.16. The van der Waals surface area contributed by atoms with Crippen molar-refractivity contribution < 1.29 is 8.78 Å². The number of aromatic nitrogens is 1. The van der Waals surface area contributed by atoms with E-state index in [4.69, 9.17) is 11.6 Å². The largest absolute Gasteiger partial charge is 0.377 e. The second-order valence-corrected chi connectivity index (χ2v) is 4.26. The van der Waals surface area contributed by atoms with Crippen molar-refractivity contribution >= 4 is 17.3 Å². The number of halogens is 3. The lowest BCUT2D eigenvalue weighted by molar-refractivity contribution is 0.544. The van der Waals surface area contributed by atoms with Crippen LogP contribution in [-0.4, -0.2) is 4.98 Å². The molecule has 0 aliphatic heterocycles. The van der Waals surface area contributed by atoms with E-state index in [9.17, 15) is 8.78 Å². The van der Waals surface area contributed by atoms with Crippen molar-refractivity contribution in [2.45, 2.75) is 13.0 Å². The van der Waals surface area contributed by atoms with Gasteiger partial charge < -0.3 is 5.32 Å². The zero-order valence-electron chi connectivity index (χ0n) is 9.62. The molecule has 0 spiro atoms. The first-order valence-electron chi connectivity index (χ1n) is 5.40. The average Bonchev–Trinajstić information content (AvgIpc) is 2.32. The molecule has 0 aliphatic rings. The highest BCUT2D eigenvalue weighted by atomic mass is 35.5. The molecule has 1 unspecified atom stereocenters. The van der Waals surface area contributed by atoms with Crippen LogP contribution in [0.2, 0.25) is 5.15 Å². The van der Waals surface area contributed by atoms with Crippen molar-refractivity contribution in [3.05, 3.63) is 58.9 Å². The summed E-state index contributed by atoms with van der Waals surface area (Å²) in [5, 5.41) is 3.33. The van der Waals surface area contributed by atoms with E-state index in [-0.39, 0.29) is 5.56 Å². The lowest BCUT2D eigenvalue weighted by Crippen LogP contribution is -2.10. The first-order valence-corrected chi connectivity index (χ1v) is 5.77. The van der Waals surface area contributed by atoms with Gasteiger partial charge >= 0.3 is 0 Å². The summed E-state index contributed by atoms with van der Waals surface area (Å²) in [5.74, 6) is -1.14. The van der Waals surface area contributed by atoms with Crippen molar-refractivity contribution in [1.29, 1.82) is 0 Å². The SMILES string of the molecule is CC(Nc1ccc(Cl)nc1)c1c(F)cccc1F. The molecule has 5 heteroatoms. The molecule has 1 atom stereocenters. The number of anilines is 1. The van der Waals surface area contributed by atoms with Gasteiger partial charge in [0.25, 0.3) is 0 Å². The molecule has 1 N–H and O–H groups in total. The summed E-state index contributed by atoms with van der Waals surface area (Å²) in [6.07, 6.45) is 1.51. The summed E-state index contributed by atoms with van der Waals surface area (Å²) >= 11 is 5.66. The summed E-state index contributed by atoms with van der Waals surface area (Å²) in [7, 11) is 0. The van der Waals surface area contributed by atoms with Gasteiger partial charge in [-0.25, -0.2) is 13.8 Å².